The predicted octanol–water partition coefficient (Wildman–Crippen LogP) is 4.55. The molecular weight excluding hydrogens is 296 g/mol. The van der Waals surface area contributed by atoms with Crippen LogP contribution in [0.5, 0.6) is 0 Å². The molecule has 0 amide bonds. The van der Waals surface area contributed by atoms with Crippen molar-refractivity contribution in [2.45, 2.75) is 27.7 Å². The third-order valence-electron chi connectivity index (χ3n) is 4.24. The van der Waals surface area contributed by atoms with E-state index in [2.05, 4.69) is 54.6 Å². The zero-order valence-electron chi connectivity index (χ0n) is 14.5. The zero-order chi connectivity index (χ0) is 17.1. The Bertz CT molecular complexity index is 876. The molecule has 0 aliphatic carbocycles. The number of nitrogens with zero attached hydrogens (tertiary/aromatic N) is 3. The molecule has 3 rings (SSSR count). The molecule has 24 heavy (non-hydrogen) atoms. The summed E-state index contributed by atoms with van der Waals surface area (Å²) in [7, 11) is 0. The van der Waals surface area contributed by atoms with Crippen LogP contribution in [-0.2, 0) is 0 Å². The number of hydrazone groups is 1. The second kappa shape index (κ2) is 6.71. The summed E-state index contributed by atoms with van der Waals surface area (Å²) in [6.07, 6.45) is 1.84. The fourth-order valence-corrected chi connectivity index (χ4v) is 2.63. The molecule has 4 nitrogen and oxygen atoms in total. The first-order chi connectivity index (χ1) is 11.6. The van der Waals surface area contributed by atoms with E-state index in [0.29, 0.717) is 0 Å². The Morgan fingerprint density at radius 2 is 1.71 bits per heavy atom. The average molecular weight is 318 g/mol. The van der Waals surface area contributed by atoms with E-state index in [1.54, 1.807) is 0 Å². The molecule has 122 valence electrons. The maximum atomic E-state index is 4.67. The van der Waals surface area contributed by atoms with Crippen molar-refractivity contribution in [2.24, 2.45) is 5.10 Å². The molecule has 0 atom stereocenters. The molecular formula is C20H22N4. The van der Waals surface area contributed by atoms with Gasteiger partial charge in [0.1, 0.15) is 0 Å². The first-order valence-electron chi connectivity index (χ1n) is 8.04. The van der Waals surface area contributed by atoms with Crippen LogP contribution in [-0.4, -0.2) is 16.0 Å². The normalized spacial score (nSPS) is 11.2. The summed E-state index contributed by atoms with van der Waals surface area (Å²) in [4.78, 5) is 0. The maximum Gasteiger partial charge on any atom is 0.0689 e. The second-order valence-corrected chi connectivity index (χ2v) is 6.00. The summed E-state index contributed by atoms with van der Waals surface area (Å²) in [6.45, 7) is 8.32. The zero-order valence-corrected chi connectivity index (χ0v) is 14.5. The number of para-hydroxylation sites is 1. The van der Waals surface area contributed by atoms with E-state index in [1.165, 1.54) is 11.1 Å². The van der Waals surface area contributed by atoms with Crippen LogP contribution in [0, 0.1) is 27.7 Å². The molecule has 0 aliphatic rings. The lowest BCUT2D eigenvalue weighted by molar-refractivity contribution is 0.832. The van der Waals surface area contributed by atoms with Gasteiger partial charge in [0.15, 0.2) is 0 Å². The Kier molecular flexibility index (Phi) is 4.47. The molecule has 0 unspecified atom stereocenters. The Morgan fingerprint density at radius 3 is 2.42 bits per heavy atom. The number of rotatable bonds is 4. The van der Waals surface area contributed by atoms with Gasteiger partial charge in [0, 0.05) is 5.56 Å². The van der Waals surface area contributed by atoms with Crippen molar-refractivity contribution < 1.29 is 0 Å². The summed E-state index contributed by atoms with van der Waals surface area (Å²) < 4.78 is 1.98. The fourth-order valence-electron chi connectivity index (χ4n) is 2.63. The number of aromatic nitrogens is 2. The van der Waals surface area contributed by atoms with Crippen LogP contribution in [0.1, 0.15) is 28.1 Å². The molecule has 4 heteroatoms. The fraction of sp³-hybridized carbons (Fsp3) is 0.200. The largest absolute Gasteiger partial charge is 0.279 e. The second-order valence-electron chi connectivity index (χ2n) is 6.00. The van der Waals surface area contributed by atoms with E-state index in [4.69, 9.17) is 0 Å². The highest BCUT2D eigenvalue weighted by Gasteiger charge is 2.11. The molecule has 0 bridgehead atoms. The molecule has 1 aromatic heterocycles. The van der Waals surface area contributed by atoms with E-state index >= 15 is 0 Å². The van der Waals surface area contributed by atoms with Gasteiger partial charge in [0.05, 0.1) is 29.0 Å². The van der Waals surface area contributed by atoms with Crippen molar-refractivity contribution >= 4 is 11.9 Å². The van der Waals surface area contributed by atoms with Crippen LogP contribution in [0.25, 0.3) is 5.69 Å². The molecule has 0 saturated carbocycles. The molecule has 0 radical (unpaired) electrons. The third kappa shape index (κ3) is 3.23. The van der Waals surface area contributed by atoms with E-state index < -0.39 is 0 Å². The minimum absolute atomic E-state index is 0.962. The number of aryl methyl sites for hydroxylation is 3. The van der Waals surface area contributed by atoms with Crippen LogP contribution < -0.4 is 5.43 Å². The molecule has 1 heterocycles. The quantitative estimate of drug-likeness (QED) is 0.566. The Labute approximate surface area is 142 Å². The highest BCUT2D eigenvalue weighted by molar-refractivity contribution is 5.83. The number of hydrogen-bond acceptors (Lipinski definition) is 3. The van der Waals surface area contributed by atoms with E-state index in [9.17, 15) is 0 Å². The predicted molar refractivity (Wildman–Crippen MR) is 100 cm³/mol. The van der Waals surface area contributed by atoms with Gasteiger partial charge in [-0.2, -0.15) is 10.2 Å². The summed E-state index contributed by atoms with van der Waals surface area (Å²) in [5.74, 6) is 0. The van der Waals surface area contributed by atoms with E-state index in [0.717, 1.165) is 28.3 Å². The lowest BCUT2D eigenvalue weighted by Crippen LogP contribution is -2.00. The van der Waals surface area contributed by atoms with Gasteiger partial charge in [-0.3, -0.25) is 5.43 Å². The van der Waals surface area contributed by atoms with Gasteiger partial charge in [-0.05, 0) is 63.1 Å². The lowest BCUT2D eigenvalue weighted by Gasteiger charge is -2.07. The average Bonchev–Trinajstić information content (AvgIpc) is 2.86. The first kappa shape index (κ1) is 16.0. The standard InChI is InChI=1S/C20H22N4/c1-14-10-11-19(12-15(14)2)24-17(4)20(16(3)23-24)13-21-22-18-8-6-5-7-9-18/h5-13,22H,1-4H3/b21-13+. The summed E-state index contributed by atoms with van der Waals surface area (Å²) >= 11 is 0. The summed E-state index contributed by atoms with van der Waals surface area (Å²) in [6, 6.07) is 16.3. The Hall–Kier alpha value is -2.88. The molecule has 0 saturated heterocycles. The first-order valence-corrected chi connectivity index (χ1v) is 8.04. The monoisotopic (exact) mass is 318 g/mol. The molecule has 2 aromatic carbocycles. The van der Waals surface area contributed by atoms with Gasteiger partial charge < -0.3 is 0 Å². The number of benzene rings is 2. The lowest BCUT2D eigenvalue weighted by atomic mass is 10.1. The van der Waals surface area contributed by atoms with E-state index in [-0.39, 0.29) is 0 Å². The molecule has 0 aliphatic heterocycles. The molecule has 1 N–H and O–H groups in total. The van der Waals surface area contributed by atoms with Crippen LogP contribution in [0.2, 0.25) is 0 Å². The van der Waals surface area contributed by atoms with Gasteiger partial charge in [-0.25, -0.2) is 4.68 Å². The SMILES string of the molecule is Cc1ccc(-n2nc(C)c(/C=N/Nc3ccccc3)c2C)cc1C. The van der Waals surface area contributed by atoms with Gasteiger partial charge in [-0.1, -0.05) is 24.3 Å². The third-order valence-corrected chi connectivity index (χ3v) is 4.24. The number of anilines is 1. The van der Waals surface area contributed by atoms with Crippen molar-refractivity contribution in [1.82, 2.24) is 9.78 Å². The maximum absolute atomic E-state index is 4.67. The molecule has 3 aromatic rings. The number of hydrogen-bond donors (Lipinski definition) is 1. The van der Waals surface area contributed by atoms with Crippen molar-refractivity contribution in [1.29, 1.82) is 0 Å². The highest BCUT2D eigenvalue weighted by atomic mass is 15.3. The van der Waals surface area contributed by atoms with Gasteiger partial charge in [-0.15, -0.1) is 0 Å². The van der Waals surface area contributed by atoms with Crippen molar-refractivity contribution in [3.05, 3.63) is 76.6 Å². The smallest absolute Gasteiger partial charge is 0.0689 e. The van der Waals surface area contributed by atoms with Crippen molar-refractivity contribution in [2.75, 3.05) is 5.43 Å². The van der Waals surface area contributed by atoms with E-state index in [1.807, 2.05) is 48.2 Å². The van der Waals surface area contributed by atoms with Crippen molar-refractivity contribution in [3.8, 4) is 5.69 Å². The molecule has 0 fully saturated rings. The summed E-state index contributed by atoms with van der Waals surface area (Å²) in [5.41, 5.74) is 10.7. The minimum Gasteiger partial charge on any atom is -0.279 e. The minimum atomic E-state index is 0.962. The highest BCUT2D eigenvalue weighted by Crippen LogP contribution is 2.19. The van der Waals surface area contributed by atoms with Crippen LogP contribution in [0.3, 0.4) is 0 Å². The van der Waals surface area contributed by atoms with Crippen molar-refractivity contribution in [3.63, 3.8) is 0 Å². The van der Waals surface area contributed by atoms with Crippen LogP contribution >= 0.6 is 0 Å². The Morgan fingerprint density at radius 1 is 0.958 bits per heavy atom. The van der Waals surface area contributed by atoms with Crippen LogP contribution in [0.15, 0.2) is 53.6 Å². The Balaban J connectivity index is 1.87. The topological polar surface area (TPSA) is 42.2 Å². The van der Waals surface area contributed by atoms with Crippen LogP contribution in [0.4, 0.5) is 5.69 Å². The molecule has 0 spiro atoms. The summed E-state index contributed by atoms with van der Waals surface area (Å²) in [5, 5.41) is 9.02. The van der Waals surface area contributed by atoms with Gasteiger partial charge in [0.25, 0.3) is 0 Å². The van der Waals surface area contributed by atoms with Gasteiger partial charge >= 0.3 is 0 Å². The number of nitrogens with one attached hydrogen (secondary N) is 1. The van der Waals surface area contributed by atoms with Gasteiger partial charge in [0.2, 0.25) is 0 Å².